The van der Waals surface area contributed by atoms with E-state index in [1.54, 1.807) is 30.5 Å². The number of carboxylic acid groups (broad SMARTS) is 1. The minimum Gasteiger partial charge on any atom is -0.478 e. The Morgan fingerprint density at radius 3 is 2.63 bits per heavy atom. The van der Waals surface area contributed by atoms with Gasteiger partial charge in [-0.15, -0.1) is 11.3 Å². The Hall–Kier alpha value is -4.11. The summed E-state index contributed by atoms with van der Waals surface area (Å²) >= 11 is 1.26. The summed E-state index contributed by atoms with van der Waals surface area (Å²) in [6.07, 6.45) is 4.13. The molecule has 0 saturated carbocycles. The minimum atomic E-state index is -3.28. The molecule has 2 N–H and O–H groups in total. The molecule has 0 unspecified atom stereocenters. The van der Waals surface area contributed by atoms with Crippen LogP contribution in [0.2, 0.25) is 0 Å². The van der Waals surface area contributed by atoms with E-state index in [1.165, 1.54) is 23.5 Å². The molecule has 0 saturated heterocycles. The molecule has 0 aliphatic heterocycles. The van der Waals surface area contributed by atoms with Crippen molar-refractivity contribution in [3.05, 3.63) is 83.8 Å². The number of ether oxygens (including phenoxy) is 1. The third kappa shape index (κ3) is 4.50. The number of nitrogens with zero attached hydrogens (tertiary/aromatic N) is 1. The zero-order valence-electron chi connectivity index (χ0n) is 18.2. The Morgan fingerprint density at radius 2 is 1.91 bits per heavy atom. The van der Waals surface area contributed by atoms with E-state index < -0.39 is 23.3 Å². The van der Waals surface area contributed by atoms with Crippen LogP contribution in [-0.4, -0.2) is 21.3 Å². The normalized spacial score (nSPS) is 12.1. The highest BCUT2D eigenvalue weighted by atomic mass is 32.1. The first-order valence-corrected chi connectivity index (χ1v) is 11.3. The summed E-state index contributed by atoms with van der Waals surface area (Å²) in [4.78, 5) is 11.2. The summed E-state index contributed by atoms with van der Waals surface area (Å²) in [6.45, 7) is 0.734. The smallest absolute Gasteiger partial charge is 0.328 e. The molecule has 0 bridgehead atoms. The first-order chi connectivity index (χ1) is 16.7. The zero-order valence-corrected chi connectivity index (χ0v) is 19.0. The molecular weight excluding hydrogens is 477 g/mol. The molecule has 176 valence electrons. The van der Waals surface area contributed by atoms with Crippen molar-refractivity contribution in [1.82, 2.24) is 10.2 Å². The van der Waals surface area contributed by atoms with Crippen LogP contribution in [-0.2, 0) is 10.7 Å². The lowest BCUT2D eigenvalue weighted by Crippen LogP contribution is -2.09. The van der Waals surface area contributed by atoms with Crippen molar-refractivity contribution < 1.29 is 27.8 Å². The summed E-state index contributed by atoms with van der Waals surface area (Å²) in [5, 5.41) is 17.3. The quantitative estimate of drug-likeness (QED) is 0.239. The molecule has 5 nitrogen and oxygen atoms in total. The van der Waals surface area contributed by atoms with Crippen molar-refractivity contribution in [2.45, 2.75) is 12.8 Å². The van der Waals surface area contributed by atoms with Crippen LogP contribution < -0.4 is 4.74 Å². The Labute approximate surface area is 201 Å². The van der Waals surface area contributed by atoms with Crippen LogP contribution in [0, 0.1) is 5.82 Å². The highest BCUT2D eigenvalue weighted by molar-refractivity contribution is 7.22. The number of rotatable bonds is 6. The third-order valence-corrected chi connectivity index (χ3v) is 6.59. The number of fused-ring (bicyclic) bond motifs is 2. The second kappa shape index (κ2) is 8.59. The van der Waals surface area contributed by atoms with Crippen molar-refractivity contribution in [2.75, 3.05) is 0 Å². The van der Waals surface area contributed by atoms with Crippen molar-refractivity contribution in [1.29, 1.82) is 0 Å². The van der Waals surface area contributed by atoms with Gasteiger partial charge in [-0.1, -0.05) is 18.2 Å². The van der Waals surface area contributed by atoms with E-state index in [2.05, 4.69) is 10.2 Å². The van der Waals surface area contributed by atoms with E-state index in [9.17, 15) is 18.0 Å². The fourth-order valence-electron chi connectivity index (χ4n) is 3.80. The molecule has 0 aliphatic rings. The molecule has 2 aromatic heterocycles. The van der Waals surface area contributed by atoms with Gasteiger partial charge in [-0.3, -0.25) is 5.10 Å². The van der Waals surface area contributed by atoms with Gasteiger partial charge in [-0.05, 0) is 48.0 Å². The van der Waals surface area contributed by atoms with Crippen LogP contribution in [0.1, 0.15) is 18.1 Å². The van der Waals surface area contributed by atoms with E-state index in [0.29, 0.717) is 27.3 Å². The minimum absolute atomic E-state index is 0.179. The number of hydrogen-bond donors (Lipinski definition) is 2. The molecule has 9 heteroatoms. The molecule has 0 aliphatic carbocycles. The van der Waals surface area contributed by atoms with Gasteiger partial charge in [0, 0.05) is 39.6 Å². The Bertz CT molecular complexity index is 1600. The van der Waals surface area contributed by atoms with E-state index in [4.69, 9.17) is 9.84 Å². The van der Waals surface area contributed by atoms with Crippen LogP contribution in [0.4, 0.5) is 13.2 Å². The van der Waals surface area contributed by atoms with Gasteiger partial charge < -0.3 is 9.84 Å². The van der Waals surface area contributed by atoms with Crippen LogP contribution >= 0.6 is 11.3 Å². The Balaban J connectivity index is 1.68. The predicted octanol–water partition coefficient (Wildman–Crippen LogP) is 7.59. The lowest BCUT2D eigenvalue weighted by Gasteiger charge is -2.16. The lowest BCUT2D eigenvalue weighted by molar-refractivity contribution is -0.131. The van der Waals surface area contributed by atoms with Gasteiger partial charge >= 0.3 is 5.97 Å². The molecular formula is C26H17F3N2O3S. The van der Waals surface area contributed by atoms with Crippen molar-refractivity contribution >= 4 is 44.4 Å². The van der Waals surface area contributed by atoms with Crippen LogP contribution in [0.3, 0.4) is 0 Å². The molecule has 0 spiro atoms. The summed E-state index contributed by atoms with van der Waals surface area (Å²) in [6, 6.07) is 13.7. The third-order valence-electron chi connectivity index (χ3n) is 5.42. The van der Waals surface area contributed by atoms with Crippen LogP contribution in [0.25, 0.3) is 37.5 Å². The van der Waals surface area contributed by atoms with Gasteiger partial charge in [0.15, 0.2) is 5.75 Å². The van der Waals surface area contributed by atoms with Gasteiger partial charge in [0.2, 0.25) is 0 Å². The maximum Gasteiger partial charge on any atom is 0.328 e. The van der Waals surface area contributed by atoms with Gasteiger partial charge in [0.25, 0.3) is 5.92 Å². The highest BCUT2D eigenvalue weighted by Crippen LogP contribution is 2.50. The maximum absolute atomic E-state index is 14.5. The van der Waals surface area contributed by atoms with Crippen molar-refractivity contribution in [3.63, 3.8) is 0 Å². The first kappa shape index (κ1) is 22.7. The number of aromatic nitrogens is 2. The van der Waals surface area contributed by atoms with E-state index in [-0.39, 0.29) is 5.56 Å². The fourth-order valence-corrected chi connectivity index (χ4v) is 4.99. The maximum atomic E-state index is 14.5. The molecule has 0 fully saturated rings. The molecule has 0 amide bonds. The predicted molar refractivity (Wildman–Crippen MR) is 130 cm³/mol. The van der Waals surface area contributed by atoms with Crippen LogP contribution in [0.15, 0.2) is 66.9 Å². The Kier molecular flexibility index (Phi) is 5.56. The fraction of sp³-hybridized carbons (Fsp3) is 0.0769. The molecule has 5 aromatic rings. The van der Waals surface area contributed by atoms with Gasteiger partial charge in [-0.25, -0.2) is 18.0 Å². The number of thiophene rings is 1. The summed E-state index contributed by atoms with van der Waals surface area (Å²) in [7, 11) is 0. The van der Waals surface area contributed by atoms with Gasteiger partial charge in [-0.2, -0.15) is 5.10 Å². The molecule has 5 rings (SSSR count). The second-order valence-electron chi connectivity index (χ2n) is 7.99. The summed E-state index contributed by atoms with van der Waals surface area (Å²) < 4.78 is 49.9. The molecule has 0 atom stereocenters. The number of halogens is 3. The molecule has 3 aromatic carbocycles. The standard InChI is InChI=1S/C26H17F3N2O3S/c1-26(28,29)20-11-16(27)5-8-18(20)25-24(19-10-15-13-30-31-21(15)12-22(19)35-25)34-17-6-2-14(3-7-17)4-9-23(32)33/h2-13H,1H3,(H,30,31)(H,32,33)/b9-4+. The number of H-pyrrole nitrogens is 1. The number of alkyl halides is 2. The number of carboxylic acids is 1. The average molecular weight is 494 g/mol. The summed E-state index contributed by atoms with van der Waals surface area (Å²) in [5.41, 5.74) is 1.18. The molecule has 35 heavy (non-hydrogen) atoms. The van der Waals surface area contributed by atoms with Crippen LogP contribution in [0.5, 0.6) is 11.5 Å². The number of carbonyl (C=O) groups is 1. The van der Waals surface area contributed by atoms with E-state index in [1.807, 2.05) is 12.1 Å². The average Bonchev–Trinajstić information content (AvgIpc) is 3.40. The lowest BCUT2D eigenvalue weighted by atomic mass is 10.00. The zero-order chi connectivity index (χ0) is 24.7. The monoisotopic (exact) mass is 494 g/mol. The summed E-state index contributed by atoms with van der Waals surface area (Å²) in [5.74, 6) is -4.30. The number of benzene rings is 3. The van der Waals surface area contributed by atoms with E-state index >= 15 is 0 Å². The molecule has 2 heterocycles. The topological polar surface area (TPSA) is 75.2 Å². The van der Waals surface area contributed by atoms with Crippen molar-refractivity contribution in [3.8, 4) is 21.9 Å². The number of aromatic amines is 1. The first-order valence-electron chi connectivity index (χ1n) is 10.5. The number of nitrogens with one attached hydrogen (secondary N) is 1. The van der Waals surface area contributed by atoms with Crippen molar-refractivity contribution in [2.24, 2.45) is 0 Å². The number of aliphatic carboxylic acids is 1. The number of hydrogen-bond acceptors (Lipinski definition) is 4. The SMILES string of the molecule is CC(F)(F)c1cc(F)ccc1-c1sc2cc3[nH]ncc3cc2c1Oc1ccc(/C=C/C(=O)O)cc1. The largest absolute Gasteiger partial charge is 0.478 e. The second-order valence-corrected chi connectivity index (χ2v) is 9.04. The Morgan fingerprint density at radius 1 is 1.14 bits per heavy atom. The van der Waals surface area contributed by atoms with Gasteiger partial charge in [0.05, 0.1) is 16.6 Å². The van der Waals surface area contributed by atoms with Gasteiger partial charge in [0.1, 0.15) is 11.6 Å². The van der Waals surface area contributed by atoms with E-state index in [0.717, 1.165) is 40.7 Å². The highest BCUT2D eigenvalue weighted by Gasteiger charge is 2.31. The molecule has 0 radical (unpaired) electrons.